The molecule has 0 radical (unpaired) electrons. The molecule has 2 fully saturated rings. The maximum atomic E-state index is 11.8. The van der Waals surface area contributed by atoms with Crippen molar-refractivity contribution in [3.8, 4) is 11.1 Å². The maximum absolute atomic E-state index is 11.8. The van der Waals surface area contributed by atoms with Crippen molar-refractivity contribution in [1.29, 1.82) is 5.41 Å². The average molecular weight is 451 g/mol. The van der Waals surface area contributed by atoms with Crippen molar-refractivity contribution in [2.24, 2.45) is 5.73 Å². The number of morpholine rings is 1. The van der Waals surface area contributed by atoms with Crippen LogP contribution in [0, 0.1) is 5.41 Å². The lowest BCUT2D eigenvalue weighted by Crippen LogP contribution is -2.52. The van der Waals surface area contributed by atoms with E-state index in [4.69, 9.17) is 15.9 Å². The van der Waals surface area contributed by atoms with E-state index in [0.29, 0.717) is 30.9 Å². The van der Waals surface area contributed by atoms with Gasteiger partial charge in [0.15, 0.2) is 0 Å². The summed E-state index contributed by atoms with van der Waals surface area (Å²) in [6.07, 6.45) is 9.61. The molecule has 1 aromatic heterocycles. The Labute approximate surface area is 195 Å². The summed E-state index contributed by atoms with van der Waals surface area (Å²) in [5.41, 5.74) is 8.37. The van der Waals surface area contributed by atoms with E-state index in [2.05, 4.69) is 26.3 Å². The molecule has 2 aromatic rings. The molecule has 0 spiro atoms. The number of Topliss-reactive ketones (excluding diaryl/α,β-unsaturated/α-hetero) is 1. The third kappa shape index (κ3) is 6.58. The minimum absolute atomic E-state index is 0.00948. The maximum Gasteiger partial charge on any atom is 0.222 e. The summed E-state index contributed by atoms with van der Waals surface area (Å²) < 4.78 is 5.53. The highest BCUT2D eigenvalue weighted by Gasteiger charge is 2.31. The van der Waals surface area contributed by atoms with Gasteiger partial charge >= 0.3 is 0 Å². The van der Waals surface area contributed by atoms with E-state index in [9.17, 15) is 4.79 Å². The van der Waals surface area contributed by atoms with Gasteiger partial charge in [0.05, 0.1) is 25.5 Å². The smallest absolute Gasteiger partial charge is 0.222 e. The van der Waals surface area contributed by atoms with E-state index in [-0.39, 0.29) is 18.0 Å². The Kier molecular flexibility index (Phi) is 8.01. The molecular weight excluding hydrogens is 416 g/mol. The molecule has 4 N–H and O–H groups in total. The number of hydrogen-bond acceptors (Lipinski definition) is 7. The molecule has 0 amide bonds. The van der Waals surface area contributed by atoms with E-state index in [1.807, 2.05) is 30.6 Å². The van der Waals surface area contributed by atoms with Crippen molar-refractivity contribution in [1.82, 2.24) is 14.9 Å². The molecule has 8 nitrogen and oxygen atoms in total. The van der Waals surface area contributed by atoms with Gasteiger partial charge in [0, 0.05) is 49.6 Å². The Morgan fingerprint density at radius 1 is 1.15 bits per heavy atom. The van der Waals surface area contributed by atoms with Crippen molar-refractivity contribution in [3.05, 3.63) is 42.2 Å². The molecule has 176 valence electrons. The first-order valence-electron chi connectivity index (χ1n) is 11.9. The van der Waals surface area contributed by atoms with Gasteiger partial charge < -0.3 is 15.8 Å². The number of amidine groups is 1. The molecule has 33 heavy (non-hydrogen) atoms. The second kappa shape index (κ2) is 11.3. The first-order chi connectivity index (χ1) is 16.1. The number of anilines is 1. The van der Waals surface area contributed by atoms with Crippen LogP contribution in [-0.4, -0.2) is 64.9 Å². The molecule has 0 unspecified atom stereocenters. The minimum atomic E-state index is -0.0795. The fourth-order valence-electron chi connectivity index (χ4n) is 4.83. The lowest BCUT2D eigenvalue weighted by Gasteiger charge is -2.41. The number of rotatable bonds is 9. The molecule has 1 saturated carbocycles. The van der Waals surface area contributed by atoms with Crippen LogP contribution in [0.5, 0.6) is 0 Å². The standard InChI is InChI=1S/C25H34N6O2/c26-24(27)15-21(32)9-8-18-4-3-5-19(14-18)20-16-28-25(29-17-20)30-22-6-1-2-7-23(22)31-10-12-33-13-11-31/h3-5,14,16-17,22-23H,1-2,6-13,15H2,(H3,26,27)(H,28,29,30)/t22-,23-/m1/s1. The first kappa shape index (κ1) is 23.3. The van der Waals surface area contributed by atoms with Crippen molar-refractivity contribution >= 4 is 17.6 Å². The van der Waals surface area contributed by atoms with Crippen LogP contribution in [0.25, 0.3) is 11.1 Å². The van der Waals surface area contributed by atoms with Gasteiger partial charge in [0.25, 0.3) is 0 Å². The van der Waals surface area contributed by atoms with Gasteiger partial charge in [-0.3, -0.25) is 15.1 Å². The van der Waals surface area contributed by atoms with E-state index in [1.54, 1.807) is 0 Å². The Morgan fingerprint density at radius 2 is 1.91 bits per heavy atom. The molecule has 1 saturated heterocycles. The van der Waals surface area contributed by atoms with Gasteiger partial charge in [-0.1, -0.05) is 37.1 Å². The normalized spacial score (nSPS) is 21.5. The summed E-state index contributed by atoms with van der Waals surface area (Å²) in [5.74, 6) is 0.587. The van der Waals surface area contributed by atoms with Crippen LogP contribution >= 0.6 is 0 Å². The number of carbonyl (C=O) groups excluding carboxylic acids is 1. The Morgan fingerprint density at radius 3 is 2.67 bits per heavy atom. The fourth-order valence-corrected chi connectivity index (χ4v) is 4.83. The first-order valence-corrected chi connectivity index (χ1v) is 11.9. The topological polar surface area (TPSA) is 117 Å². The molecule has 0 bridgehead atoms. The lowest BCUT2D eigenvalue weighted by molar-refractivity contribution is -0.117. The summed E-state index contributed by atoms with van der Waals surface area (Å²) in [5, 5.41) is 10.8. The van der Waals surface area contributed by atoms with Crippen LogP contribution < -0.4 is 11.1 Å². The molecular formula is C25H34N6O2. The van der Waals surface area contributed by atoms with Gasteiger partial charge in [-0.2, -0.15) is 0 Å². The number of benzene rings is 1. The van der Waals surface area contributed by atoms with Crippen molar-refractivity contribution in [2.75, 3.05) is 31.6 Å². The summed E-state index contributed by atoms with van der Waals surface area (Å²) in [6.45, 7) is 3.63. The number of aryl methyl sites for hydroxylation is 1. The van der Waals surface area contributed by atoms with Gasteiger partial charge in [-0.05, 0) is 30.4 Å². The molecule has 8 heteroatoms. The van der Waals surface area contributed by atoms with Crippen molar-refractivity contribution < 1.29 is 9.53 Å². The lowest BCUT2D eigenvalue weighted by atomic mass is 9.89. The van der Waals surface area contributed by atoms with Gasteiger partial charge in [-0.15, -0.1) is 0 Å². The number of hydrogen-bond donors (Lipinski definition) is 3. The number of ketones is 1. The highest BCUT2D eigenvalue weighted by atomic mass is 16.5. The van der Waals surface area contributed by atoms with Crippen LogP contribution in [0.3, 0.4) is 0 Å². The summed E-state index contributed by atoms with van der Waals surface area (Å²) in [6, 6.07) is 8.97. The van der Waals surface area contributed by atoms with E-state index in [0.717, 1.165) is 49.4 Å². The van der Waals surface area contributed by atoms with Gasteiger partial charge in [0.2, 0.25) is 5.95 Å². The molecule has 1 aliphatic heterocycles. The monoisotopic (exact) mass is 450 g/mol. The Balaban J connectivity index is 1.37. The number of carbonyl (C=O) groups is 1. The van der Waals surface area contributed by atoms with Gasteiger partial charge in [-0.25, -0.2) is 9.97 Å². The van der Waals surface area contributed by atoms with E-state index < -0.39 is 0 Å². The predicted molar refractivity (Wildman–Crippen MR) is 129 cm³/mol. The summed E-state index contributed by atoms with van der Waals surface area (Å²) in [4.78, 5) is 23.6. The molecule has 2 heterocycles. The molecule has 1 aliphatic carbocycles. The number of nitrogens with one attached hydrogen (secondary N) is 2. The second-order valence-electron chi connectivity index (χ2n) is 8.99. The van der Waals surface area contributed by atoms with Crippen molar-refractivity contribution in [3.63, 3.8) is 0 Å². The van der Waals surface area contributed by atoms with E-state index in [1.165, 1.54) is 19.3 Å². The molecule has 4 rings (SSSR count). The van der Waals surface area contributed by atoms with Crippen LogP contribution in [0.1, 0.15) is 44.1 Å². The third-order valence-corrected chi connectivity index (χ3v) is 6.55. The van der Waals surface area contributed by atoms with Gasteiger partial charge in [0.1, 0.15) is 5.78 Å². The summed E-state index contributed by atoms with van der Waals surface area (Å²) >= 11 is 0. The zero-order valence-corrected chi connectivity index (χ0v) is 19.1. The number of nitrogens with two attached hydrogens (primary N) is 1. The van der Waals surface area contributed by atoms with Crippen LogP contribution in [0.15, 0.2) is 36.7 Å². The number of aromatic nitrogens is 2. The fraction of sp³-hybridized carbons (Fsp3) is 0.520. The largest absolute Gasteiger partial charge is 0.387 e. The van der Waals surface area contributed by atoms with Crippen LogP contribution in [-0.2, 0) is 16.0 Å². The summed E-state index contributed by atoms with van der Waals surface area (Å²) in [7, 11) is 0. The van der Waals surface area contributed by atoms with Crippen molar-refractivity contribution in [2.45, 2.75) is 57.0 Å². The highest BCUT2D eigenvalue weighted by molar-refractivity contribution is 5.98. The second-order valence-corrected chi connectivity index (χ2v) is 8.99. The molecule has 2 atom stereocenters. The Bertz CT molecular complexity index is 942. The number of nitrogens with zero attached hydrogens (tertiary/aromatic N) is 3. The Hall–Kier alpha value is -2.84. The number of ether oxygens (including phenoxy) is 1. The molecule has 1 aromatic carbocycles. The average Bonchev–Trinajstić information content (AvgIpc) is 2.84. The molecule has 2 aliphatic rings. The van der Waals surface area contributed by atoms with Crippen LogP contribution in [0.4, 0.5) is 5.95 Å². The van der Waals surface area contributed by atoms with E-state index >= 15 is 0 Å². The minimum Gasteiger partial charge on any atom is -0.387 e. The zero-order chi connectivity index (χ0) is 23.0. The predicted octanol–water partition coefficient (Wildman–Crippen LogP) is 3.03. The zero-order valence-electron chi connectivity index (χ0n) is 19.1. The third-order valence-electron chi connectivity index (χ3n) is 6.55. The SMILES string of the molecule is N=C(N)CC(=O)CCc1cccc(-c2cnc(N[C@@H]3CCCC[C@H]3N3CCOCC3)nc2)c1. The van der Waals surface area contributed by atoms with Crippen LogP contribution in [0.2, 0.25) is 0 Å². The quantitative estimate of drug-likeness (QED) is 0.397. The highest BCUT2D eigenvalue weighted by Crippen LogP contribution is 2.27.